The van der Waals surface area contributed by atoms with Crippen LogP contribution in [0, 0.1) is 5.92 Å². The van der Waals surface area contributed by atoms with Gasteiger partial charge in [-0.2, -0.15) is 41.7 Å². The molecule has 1 saturated heterocycles. The fraction of sp³-hybridized carbons (Fsp3) is 0.500. The fourth-order valence-corrected chi connectivity index (χ4v) is 3.41. The highest BCUT2D eigenvalue weighted by atomic mass is 19.4. The second kappa shape index (κ2) is 8.27. The molecule has 7 nitrogen and oxygen atoms in total. The number of rotatable bonds is 3. The van der Waals surface area contributed by atoms with E-state index in [0.29, 0.717) is 43.8 Å². The number of amides is 2. The van der Waals surface area contributed by atoms with E-state index >= 15 is 0 Å². The van der Waals surface area contributed by atoms with Gasteiger partial charge in [0.05, 0.1) is 22.5 Å². The van der Waals surface area contributed by atoms with Crippen molar-refractivity contribution in [3.8, 4) is 0 Å². The molecule has 0 aliphatic carbocycles. The first-order valence-corrected chi connectivity index (χ1v) is 9.19. The number of carbonyl (C=O) groups is 2. The van der Waals surface area contributed by atoms with Crippen LogP contribution in [0.4, 0.5) is 32.0 Å². The third-order valence-electron chi connectivity index (χ3n) is 5.04. The summed E-state index contributed by atoms with van der Waals surface area (Å²) in [5.41, 5.74) is -1.24. The number of benzene rings is 1. The zero-order valence-electron chi connectivity index (χ0n) is 16.1. The lowest BCUT2D eigenvalue weighted by molar-refractivity contribution is -0.143. The number of nitrogens with zero attached hydrogens (tertiary/aromatic N) is 4. The van der Waals surface area contributed by atoms with Crippen molar-refractivity contribution in [1.29, 1.82) is 0 Å². The van der Waals surface area contributed by atoms with E-state index < -0.39 is 41.1 Å². The molecule has 13 heteroatoms. The average Bonchev–Trinajstić information content (AvgIpc) is 3.05. The number of halogens is 6. The van der Waals surface area contributed by atoms with Crippen molar-refractivity contribution in [2.45, 2.75) is 38.2 Å². The summed E-state index contributed by atoms with van der Waals surface area (Å²) in [4.78, 5) is 25.1. The van der Waals surface area contributed by atoms with Gasteiger partial charge < -0.3 is 4.90 Å². The summed E-state index contributed by atoms with van der Waals surface area (Å²) in [5.74, 6) is -1.01. The minimum Gasteiger partial charge on any atom is -0.343 e. The molecule has 2 amide bonds. The number of piperidine rings is 1. The molecule has 0 spiro atoms. The molecule has 1 N–H and O–H groups in total. The summed E-state index contributed by atoms with van der Waals surface area (Å²) in [6, 6.07) is -0.434. The van der Waals surface area contributed by atoms with Crippen LogP contribution in [0.5, 0.6) is 0 Å². The van der Waals surface area contributed by atoms with Crippen molar-refractivity contribution >= 4 is 23.2 Å². The second-order valence-corrected chi connectivity index (χ2v) is 7.18. The molecule has 1 atom stereocenters. The van der Waals surface area contributed by atoms with Crippen LogP contribution in [0.25, 0.3) is 0 Å². The molecule has 0 unspecified atom stereocenters. The Morgan fingerprint density at radius 1 is 1.06 bits per heavy atom. The van der Waals surface area contributed by atoms with Gasteiger partial charge in [-0.05, 0) is 31.0 Å². The Morgan fingerprint density at radius 3 is 2.10 bits per heavy atom. The van der Waals surface area contributed by atoms with Crippen molar-refractivity contribution in [3.05, 3.63) is 29.3 Å². The molecule has 1 fully saturated rings. The van der Waals surface area contributed by atoms with Gasteiger partial charge in [-0.3, -0.25) is 9.59 Å². The SMILES string of the molecule is CC(=O)N1CCC(C2=NNC(=O)[C@H]2N=Nc2cc(C(F)(F)F)cc(C(F)(F)F)c2)CC1. The van der Waals surface area contributed by atoms with Gasteiger partial charge in [0.1, 0.15) is 0 Å². The molecule has 1 aromatic carbocycles. The monoisotopic (exact) mass is 449 g/mol. The molecule has 3 rings (SSSR count). The number of carbonyl (C=O) groups excluding carboxylic acids is 2. The summed E-state index contributed by atoms with van der Waals surface area (Å²) in [5, 5.41) is 11.1. The highest BCUT2D eigenvalue weighted by Crippen LogP contribution is 2.38. The van der Waals surface area contributed by atoms with Crippen molar-refractivity contribution < 1.29 is 35.9 Å². The van der Waals surface area contributed by atoms with Crippen molar-refractivity contribution in [3.63, 3.8) is 0 Å². The molecule has 168 valence electrons. The second-order valence-electron chi connectivity index (χ2n) is 7.18. The largest absolute Gasteiger partial charge is 0.416 e. The summed E-state index contributed by atoms with van der Waals surface area (Å²) in [6.07, 6.45) is -9.07. The highest BCUT2D eigenvalue weighted by molar-refractivity contribution is 6.12. The molecule has 2 aliphatic heterocycles. The topological polar surface area (TPSA) is 86.5 Å². The van der Waals surface area contributed by atoms with Gasteiger partial charge in [0.15, 0.2) is 6.04 Å². The van der Waals surface area contributed by atoms with Crippen LogP contribution in [-0.4, -0.2) is 41.6 Å². The first-order valence-electron chi connectivity index (χ1n) is 9.19. The predicted molar refractivity (Wildman–Crippen MR) is 95.3 cm³/mol. The lowest BCUT2D eigenvalue weighted by atomic mass is 9.88. The Bertz CT molecular complexity index is 900. The van der Waals surface area contributed by atoms with Gasteiger partial charge in [-0.1, -0.05) is 0 Å². The van der Waals surface area contributed by atoms with Crippen molar-refractivity contribution in [2.24, 2.45) is 21.2 Å². The number of hydrogen-bond acceptors (Lipinski definition) is 5. The van der Waals surface area contributed by atoms with Gasteiger partial charge in [0, 0.05) is 25.9 Å². The quantitative estimate of drug-likeness (QED) is 0.560. The fourth-order valence-electron chi connectivity index (χ4n) is 3.41. The minimum atomic E-state index is -5.02. The number of hydrazone groups is 1. The van der Waals surface area contributed by atoms with Crippen LogP contribution in [0.3, 0.4) is 0 Å². The van der Waals surface area contributed by atoms with E-state index in [-0.39, 0.29) is 17.9 Å². The van der Waals surface area contributed by atoms with Gasteiger partial charge in [-0.15, -0.1) is 0 Å². The van der Waals surface area contributed by atoms with Crippen LogP contribution >= 0.6 is 0 Å². The van der Waals surface area contributed by atoms with E-state index in [1.165, 1.54) is 6.92 Å². The number of alkyl halides is 6. The van der Waals surface area contributed by atoms with E-state index in [4.69, 9.17) is 0 Å². The van der Waals surface area contributed by atoms with Crippen LogP contribution in [-0.2, 0) is 21.9 Å². The number of nitrogens with one attached hydrogen (secondary N) is 1. The number of likely N-dealkylation sites (tertiary alicyclic amines) is 1. The Kier molecular flexibility index (Phi) is 6.05. The van der Waals surface area contributed by atoms with E-state index in [1.807, 2.05) is 0 Å². The summed E-state index contributed by atoms with van der Waals surface area (Å²) < 4.78 is 77.9. The first kappa shape index (κ1) is 22.7. The number of azo groups is 1. The van der Waals surface area contributed by atoms with Crippen LogP contribution in [0.1, 0.15) is 30.9 Å². The smallest absolute Gasteiger partial charge is 0.343 e. The molecule has 1 aromatic rings. The van der Waals surface area contributed by atoms with Gasteiger partial charge in [0.25, 0.3) is 5.91 Å². The Labute approximate surface area is 172 Å². The molecule has 2 aliphatic rings. The van der Waals surface area contributed by atoms with Crippen LogP contribution in [0.15, 0.2) is 33.5 Å². The van der Waals surface area contributed by atoms with Gasteiger partial charge >= 0.3 is 12.4 Å². The normalized spacial score (nSPS) is 20.9. The number of hydrogen-bond donors (Lipinski definition) is 1. The molecule has 0 bridgehead atoms. The first-order chi connectivity index (χ1) is 14.4. The van der Waals surface area contributed by atoms with Crippen molar-refractivity contribution in [1.82, 2.24) is 10.3 Å². The lowest BCUT2D eigenvalue weighted by Crippen LogP contribution is -2.41. The Hall–Kier alpha value is -2.99. The molecular formula is C18H17F6N5O2. The standard InChI is InChI=1S/C18H17F6N5O2/c1-9(30)29-4-2-10(3-5-29)14-15(16(31)28-26-14)27-25-13-7-11(17(19,20)21)6-12(8-13)18(22,23)24/h6-8,10,15H,2-5H2,1H3,(H,28,31)/t15-/m0/s1. The molecule has 0 aromatic heterocycles. The maximum Gasteiger partial charge on any atom is 0.416 e. The molecule has 0 saturated carbocycles. The van der Waals surface area contributed by atoms with E-state index in [2.05, 4.69) is 20.8 Å². The lowest BCUT2D eigenvalue weighted by Gasteiger charge is -2.31. The summed E-state index contributed by atoms with van der Waals surface area (Å²) >= 11 is 0. The zero-order valence-corrected chi connectivity index (χ0v) is 16.1. The van der Waals surface area contributed by atoms with Crippen LogP contribution in [0.2, 0.25) is 0 Å². The van der Waals surface area contributed by atoms with Gasteiger partial charge in [-0.25, -0.2) is 5.43 Å². The summed E-state index contributed by atoms with van der Waals surface area (Å²) in [7, 11) is 0. The van der Waals surface area contributed by atoms with Crippen molar-refractivity contribution in [2.75, 3.05) is 13.1 Å². The third-order valence-corrected chi connectivity index (χ3v) is 5.04. The van der Waals surface area contributed by atoms with Gasteiger partial charge in [0.2, 0.25) is 5.91 Å². The molecule has 31 heavy (non-hydrogen) atoms. The maximum absolute atomic E-state index is 13.0. The minimum absolute atomic E-state index is 0.0169. The Morgan fingerprint density at radius 2 is 1.61 bits per heavy atom. The van der Waals surface area contributed by atoms with Crippen LogP contribution < -0.4 is 5.43 Å². The molecule has 2 heterocycles. The average molecular weight is 449 g/mol. The predicted octanol–water partition coefficient (Wildman–Crippen LogP) is 3.92. The maximum atomic E-state index is 13.0. The highest BCUT2D eigenvalue weighted by Gasteiger charge is 2.38. The van der Waals surface area contributed by atoms with E-state index in [9.17, 15) is 35.9 Å². The molecular weight excluding hydrogens is 432 g/mol. The third kappa shape index (κ3) is 5.20. The zero-order chi connectivity index (χ0) is 23.0. The Balaban J connectivity index is 1.84. The van der Waals surface area contributed by atoms with E-state index in [1.54, 1.807) is 4.90 Å². The molecule has 0 radical (unpaired) electrons. The van der Waals surface area contributed by atoms with E-state index in [0.717, 1.165) is 0 Å². The summed E-state index contributed by atoms with van der Waals surface area (Å²) in [6.45, 7) is 2.29.